The van der Waals surface area contributed by atoms with Crippen molar-refractivity contribution in [3.8, 4) is 0 Å². The van der Waals surface area contributed by atoms with E-state index in [1.54, 1.807) is 0 Å². The number of thioether (sulfide) groups is 1. The molecule has 3 N–H and O–H groups in total. The lowest BCUT2D eigenvalue weighted by Gasteiger charge is -2.16. The minimum Gasteiger partial charge on any atom is -0.353 e. The van der Waals surface area contributed by atoms with Crippen molar-refractivity contribution < 1.29 is 9.59 Å². The Kier molecular flexibility index (Phi) is 4.88. The molecule has 4 rings (SSSR count). The summed E-state index contributed by atoms with van der Waals surface area (Å²) in [6.45, 7) is 0. The predicted molar refractivity (Wildman–Crippen MR) is 99.7 cm³/mol. The lowest BCUT2D eigenvalue weighted by atomic mass is 10.0. The Bertz CT molecular complexity index is 641. The van der Waals surface area contributed by atoms with Crippen LogP contribution in [0.2, 0.25) is 0 Å². The zero-order chi connectivity index (χ0) is 17.2. The van der Waals surface area contributed by atoms with Crippen LogP contribution < -0.4 is 16.0 Å². The second-order valence-electron chi connectivity index (χ2n) is 7.31. The summed E-state index contributed by atoms with van der Waals surface area (Å²) in [5.74, 6) is 1.17. The molecule has 5 nitrogen and oxygen atoms in total. The third kappa shape index (κ3) is 3.78. The van der Waals surface area contributed by atoms with Crippen molar-refractivity contribution in [2.24, 2.45) is 0 Å². The van der Waals surface area contributed by atoms with Crippen LogP contribution in [0.3, 0.4) is 0 Å². The molecule has 1 aromatic rings. The summed E-state index contributed by atoms with van der Waals surface area (Å²) in [6.07, 6.45) is 5.53. The highest BCUT2D eigenvalue weighted by atomic mass is 32.2. The summed E-state index contributed by atoms with van der Waals surface area (Å²) < 4.78 is 0. The summed E-state index contributed by atoms with van der Waals surface area (Å²) in [7, 11) is 0. The average molecular weight is 359 g/mol. The van der Waals surface area contributed by atoms with E-state index in [2.05, 4.69) is 40.2 Å². The Hall–Kier alpha value is -1.69. The van der Waals surface area contributed by atoms with Crippen LogP contribution in [0.15, 0.2) is 24.3 Å². The Morgan fingerprint density at radius 2 is 1.92 bits per heavy atom. The number of nitrogens with one attached hydrogen (secondary N) is 3. The van der Waals surface area contributed by atoms with E-state index in [0.717, 1.165) is 37.9 Å². The minimum atomic E-state index is -0.0303. The standard InChI is InChI=1S/C19H25N3O2S/c23-17(20-14-9-12-5-1-2-6-13(12)10-14)8-4-3-7-16-18-15(11-25-16)21-19(24)22-18/h1-2,5-6,14-16,18H,3-4,7-11H2,(H,20,23)(H2,21,22,24)/t15-,16+,18+/m0/s1. The number of fused-ring (bicyclic) bond motifs is 2. The molecule has 3 atom stereocenters. The van der Waals surface area contributed by atoms with Gasteiger partial charge >= 0.3 is 6.03 Å². The zero-order valence-corrected chi connectivity index (χ0v) is 15.1. The van der Waals surface area contributed by atoms with E-state index in [9.17, 15) is 9.59 Å². The van der Waals surface area contributed by atoms with E-state index in [-0.39, 0.29) is 30.1 Å². The van der Waals surface area contributed by atoms with Crippen LogP contribution >= 0.6 is 11.8 Å². The van der Waals surface area contributed by atoms with E-state index < -0.39 is 0 Å². The Labute approximate surface area is 152 Å². The zero-order valence-electron chi connectivity index (χ0n) is 14.3. The maximum Gasteiger partial charge on any atom is 0.315 e. The molecule has 6 heteroatoms. The first-order chi connectivity index (χ1) is 12.2. The van der Waals surface area contributed by atoms with Gasteiger partial charge in [-0.1, -0.05) is 30.7 Å². The van der Waals surface area contributed by atoms with Gasteiger partial charge in [0.2, 0.25) is 5.91 Å². The summed E-state index contributed by atoms with van der Waals surface area (Å²) in [4.78, 5) is 23.6. The van der Waals surface area contributed by atoms with E-state index >= 15 is 0 Å². The molecule has 134 valence electrons. The summed E-state index contributed by atoms with van der Waals surface area (Å²) in [5, 5.41) is 9.66. The van der Waals surface area contributed by atoms with Crippen molar-refractivity contribution in [3.63, 3.8) is 0 Å². The SMILES string of the molecule is O=C(CCCC[C@H]1SC[C@@H]2NC(=O)N[C@H]21)NC1Cc2ccccc2C1. The largest absolute Gasteiger partial charge is 0.353 e. The normalized spacial score (nSPS) is 27.5. The first-order valence-corrected chi connectivity index (χ1v) is 10.3. The number of carbonyl (C=O) groups is 2. The van der Waals surface area contributed by atoms with Crippen LogP contribution in [0.5, 0.6) is 0 Å². The van der Waals surface area contributed by atoms with Crippen LogP contribution in [0.1, 0.15) is 36.8 Å². The first-order valence-electron chi connectivity index (χ1n) is 9.24. The lowest BCUT2D eigenvalue weighted by molar-refractivity contribution is -0.121. The van der Waals surface area contributed by atoms with Crippen LogP contribution in [0.25, 0.3) is 0 Å². The fourth-order valence-electron chi connectivity index (χ4n) is 4.23. The molecule has 2 saturated heterocycles. The van der Waals surface area contributed by atoms with E-state index in [1.165, 1.54) is 11.1 Å². The minimum absolute atomic E-state index is 0.0303. The Morgan fingerprint density at radius 1 is 1.16 bits per heavy atom. The number of benzene rings is 1. The fourth-order valence-corrected chi connectivity index (χ4v) is 5.78. The number of rotatable bonds is 6. The quantitative estimate of drug-likeness (QED) is 0.537. The lowest BCUT2D eigenvalue weighted by Crippen LogP contribution is -2.37. The van der Waals surface area contributed by atoms with Gasteiger partial charge in [-0.25, -0.2) is 4.79 Å². The van der Waals surface area contributed by atoms with Crippen molar-refractivity contribution in [2.45, 2.75) is 61.9 Å². The van der Waals surface area contributed by atoms with Gasteiger partial charge in [-0.05, 0) is 36.8 Å². The smallest absolute Gasteiger partial charge is 0.315 e. The van der Waals surface area contributed by atoms with Crippen molar-refractivity contribution >= 4 is 23.7 Å². The average Bonchev–Trinajstić information content (AvgIpc) is 3.25. The van der Waals surface area contributed by atoms with E-state index in [4.69, 9.17) is 0 Å². The van der Waals surface area contributed by atoms with Gasteiger partial charge in [0, 0.05) is 23.5 Å². The molecule has 2 aliphatic heterocycles. The molecular formula is C19H25N3O2S. The van der Waals surface area contributed by atoms with Crippen LogP contribution in [0.4, 0.5) is 4.79 Å². The molecule has 2 heterocycles. The highest BCUT2D eigenvalue weighted by Gasteiger charge is 2.42. The first kappa shape index (κ1) is 16.8. The number of hydrogen-bond donors (Lipinski definition) is 3. The Morgan fingerprint density at radius 3 is 2.68 bits per heavy atom. The van der Waals surface area contributed by atoms with Crippen LogP contribution in [-0.2, 0) is 17.6 Å². The van der Waals surface area contributed by atoms with Crippen LogP contribution in [-0.4, -0.2) is 41.1 Å². The highest BCUT2D eigenvalue weighted by Crippen LogP contribution is 2.33. The third-order valence-corrected chi connectivity index (χ3v) is 7.01. The molecule has 0 saturated carbocycles. The predicted octanol–water partition coefficient (Wildman–Crippen LogP) is 2.00. The van der Waals surface area contributed by atoms with Crippen LogP contribution in [0, 0.1) is 0 Å². The van der Waals surface area contributed by atoms with Crippen molar-refractivity contribution in [1.29, 1.82) is 0 Å². The van der Waals surface area contributed by atoms with Gasteiger partial charge < -0.3 is 16.0 Å². The number of hydrogen-bond acceptors (Lipinski definition) is 3. The summed E-state index contributed by atoms with van der Waals surface area (Å²) in [6, 6.07) is 9.23. The van der Waals surface area contributed by atoms with Gasteiger partial charge in [0.15, 0.2) is 0 Å². The summed E-state index contributed by atoms with van der Waals surface area (Å²) in [5.41, 5.74) is 2.74. The van der Waals surface area contributed by atoms with Crippen molar-refractivity contribution in [3.05, 3.63) is 35.4 Å². The molecule has 25 heavy (non-hydrogen) atoms. The number of carbonyl (C=O) groups excluding carboxylic acids is 2. The van der Waals surface area contributed by atoms with E-state index in [0.29, 0.717) is 11.7 Å². The van der Waals surface area contributed by atoms with Gasteiger partial charge in [0.25, 0.3) is 0 Å². The number of unbranched alkanes of at least 4 members (excludes halogenated alkanes) is 1. The molecule has 0 bridgehead atoms. The second kappa shape index (κ2) is 7.28. The summed E-state index contributed by atoms with van der Waals surface area (Å²) >= 11 is 1.94. The molecule has 3 aliphatic rings. The second-order valence-corrected chi connectivity index (χ2v) is 8.58. The molecule has 1 aromatic carbocycles. The topological polar surface area (TPSA) is 70.2 Å². The monoisotopic (exact) mass is 359 g/mol. The highest BCUT2D eigenvalue weighted by molar-refractivity contribution is 8.00. The fraction of sp³-hybridized carbons (Fsp3) is 0.579. The van der Waals surface area contributed by atoms with Gasteiger partial charge in [0.05, 0.1) is 12.1 Å². The van der Waals surface area contributed by atoms with Gasteiger partial charge in [-0.3, -0.25) is 4.79 Å². The van der Waals surface area contributed by atoms with Gasteiger partial charge in [-0.15, -0.1) is 0 Å². The third-order valence-electron chi connectivity index (χ3n) is 5.50. The molecular weight excluding hydrogens is 334 g/mol. The van der Waals surface area contributed by atoms with Gasteiger partial charge in [-0.2, -0.15) is 11.8 Å². The molecule has 0 radical (unpaired) electrons. The number of urea groups is 1. The Balaban J connectivity index is 1.14. The molecule has 2 fully saturated rings. The maximum absolute atomic E-state index is 12.2. The number of amides is 3. The van der Waals surface area contributed by atoms with E-state index in [1.807, 2.05) is 11.8 Å². The maximum atomic E-state index is 12.2. The van der Waals surface area contributed by atoms with Crippen molar-refractivity contribution in [2.75, 3.05) is 5.75 Å². The molecule has 3 amide bonds. The van der Waals surface area contributed by atoms with Gasteiger partial charge in [0.1, 0.15) is 0 Å². The molecule has 0 spiro atoms. The molecule has 1 aliphatic carbocycles. The molecule has 0 unspecified atom stereocenters. The molecule has 0 aromatic heterocycles. The van der Waals surface area contributed by atoms with Crippen molar-refractivity contribution in [1.82, 2.24) is 16.0 Å².